The van der Waals surface area contributed by atoms with E-state index in [1.165, 1.54) is 83.5 Å². The molecule has 0 aliphatic carbocycles. The SMILES string of the molecule is CCC/C=C\C/C=C\CCCCCCCC(=O)OC(COCCCCCCCC/C=C\CCCCCCCCC)COC1OC(CO)C(O)C(O)C1O. The Hall–Kier alpha value is -1.59. The van der Waals surface area contributed by atoms with Gasteiger partial charge in [-0.25, -0.2) is 0 Å². The smallest absolute Gasteiger partial charge is 0.306 e. The molecule has 4 N–H and O–H groups in total. The minimum Gasteiger partial charge on any atom is -0.457 e. The van der Waals surface area contributed by atoms with Gasteiger partial charge in [-0.05, 0) is 64.2 Å². The highest BCUT2D eigenvalue weighted by Crippen LogP contribution is 2.22. The molecule has 1 heterocycles. The van der Waals surface area contributed by atoms with Gasteiger partial charge in [-0.1, -0.05) is 140 Å². The number of hydrogen-bond acceptors (Lipinski definition) is 9. The van der Waals surface area contributed by atoms with E-state index in [-0.39, 0.29) is 19.2 Å². The number of hydrogen-bond donors (Lipinski definition) is 4. The van der Waals surface area contributed by atoms with Crippen molar-refractivity contribution in [3.05, 3.63) is 36.5 Å². The predicted molar refractivity (Wildman–Crippen MR) is 215 cm³/mol. The van der Waals surface area contributed by atoms with Crippen LogP contribution in [0.1, 0.15) is 174 Å². The summed E-state index contributed by atoms with van der Waals surface area (Å²) in [5.41, 5.74) is 0. The first-order valence-electron chi connectivity index (χ1n) is 21.6. The lowest BCUT2D eigenvalue weighted by Crippen LogP contribution is -2.59. The molecule has 0 amide bonds. The third-order valence-corrected chi connectivity index (χ3v) is 9.76. The van der Waals surface area contributed by atoms with Crippen LogP contribution in [-0.4, -0.2) is 89.6 Å². The normalized spacial score (nSPS) is 21.4. The topological polar surface area (TPSA) is 135 Å². The van der Waals surface area contributed by atoms with Crippen molar-refractivity contribution in [3.8, 4) is 0 Å². The highest BCUT2D eigenvalue weighted by atomic mass is 16.7. The molecular weight excluding hydrogens is 672 g/mol. The summed E-state index contributed by atoms with van der Waals surface area (Å²) in [4.78, 5) is 12.7. The lowest BCUT2D eigenvalue weighted by Gasteiger charge is -2.39. The number of unbranched alkanes of at least 4 members (excludes halogenated alkanes) is 19. The van der Waals surface area contributed by atoms with Gasteiger partial charge in [0.25, 0.3) is 0 Å². The van der Waals surface area contributed by atoms with Gasteiger partial charge in [0.1, 0.15) is 30.5 Å². The third kappa shape index (κ3) is 27.6. The number of ether oxygens (including phenoxy) is 4. The second-order valence-electron chi connectivity index (χ2n) is 14.8. The molecule has 1 aliphatic rings. The van der Waals surface area contributed by atoms with Crippen LogP contribution in [0.25, 0.3) is 0 Å². The molecule has 0 aromatic rings. The van der Waals surface area contributed by atoms with Crippen LogP contribution >= 0.6 is 0 Å². The van der Waals surface area contributed by atoms with Gasteiger partial charge in [0.05, 0.1) is 19.8 Å². The van der Waals surface area contributed by atoms with Crippen molar-refractivity contribution in [1.29, 1.82) is 0 Å². The predicted octanol–water partition coefficient (Wildman–Crippen LogP) is 9.19. The molecule has 310 valence electrons. The maximum atomic E-state index is 12.7. The van der Waals surface area contributed by atoms with Gasteiger partial charge in [-0.15, -0.1) is 0 Å². The summed E-state index contributed by atoms with van der Waals surface area (Å²) in [5.74, 6) is -0.331. The second-order valence-corrected chi connectivity index (χ2v) is 14.8. The molecule has 1 aliphatic heterocycles. The van der Waals surface area contributed by atoms with E-state index >= 15 is 0 Å². The highest BCUT2D eigenvalue weighted by molar-refractivity contribution is 5.69. The van der Waals surface area contributed by atoms with Crippen LogP contribution in [0, 0.1) is 0 Å². The number of aliphatic hydroxyl groups is 4. The zero-order chi connectivity index (χ0) is 38.6. The molecule has 6 unspecified atom stereocenters. The van der Waals surface area contributed by atoms with Gasteiger partial charge in [0.2, 0.25) is 0 Å². The molecule has 9 nitrogen and oxygen atoms in total. The van der Waals surface area contributed by atoms with Crippen LogP contribution in [0.15, 0.2) is 36.5 Å². The number of carbonyl (C=O) groups excluding carboxylic acids is 1. The van der Waals surface area contributed by atoms with Gasteiger partial charge in [-0.2, -0.15) is 0 Å². The number of aliphatic hydroxyl groups excluding tert-OH is 4. The largest absolute Gasteiger partial charge is 0.457 e. The van der Waals surface area contributed by atoms with E-state index in [0.717, 1.165) is 70.6 Å². The van der Waals surface area contributed by atoms with Gasteiger partial charge in [-0.3, -0.25) is 4.79 Å². The summed E-state index contributed by atoms with van der Waals surface area (Å²) in [6, 6.07) is 0. The molecule has 0 radical (unpaired) electrons. The van der Waals surface area contributed by atoms with Gasteiger partial charge >= 0.3 is 5.97 Å². The minimum absolute atomic E-state index is 0.121. The average Bonchev–Trinajstić information content (AvgIpc) is 3.16. The summed E-state index contributed by atoms with van der Waals surface area (Å²) in [5, 5.41) is 40.0. The molecule has 1 saturated heterocycles. The van der Waals surface area contributed by atoms with Crippen molar-refractivity contribution in [2.45, 2.75) is 211 Å². The minimum atomic E-state index is -1.54. The number of carbonyl (C=O) groups is 1. The first-order valence-corrected chi connectivity index (χ1v) is 21.6. The van der Waals surface area contributed by atoms with Crippen LogP contribution in [0.3, 0.4) is 0 Å². The molecule has 0 aromatic carbocycles. The average molecular weight is 753 g/mol. The molecule has 9 heteroatoms. The molecule has 1 fully saturated rings. The van der Waals surface area contributed by atoms with Crippen LogP contribution in [-0.2, 0) is 23.7 Å². The standard InChI is InChI=1S/C44H80O9/c1-3-5-7-9-11-13-15-17-18-19-20-22-24-26-28-30-32-34-50-36-38(37-51-44-43(49)42(48)41(47)39(35-45)53-44)52-40(46)33-31-29-27-25-23-21-16-14-12-10-8-6-4-2/h8,10,14,16,18-19,38-39,41-45,47-49H,3-7,9,11-13,15,17,20-37H2,1-2H3/b10-8-,16-14-,19-18-. The quantitative estimate of drug-likeness (QED) is 0.0281. The van der Waals surface area contributed by atoms with E-state index in [9.17, 15) is 25.2 Å². The molecule has 6 atom stereocenters. The molecule has 0 aromatic heterocycles. The molecule has 0 spiro atoms. The van der Waals surface area contributed by atoms with Crippen molar-refractivity contribution in [1.82, 2.24) is 0 Å². The monoisotopic (exact) mass is 753 g/mol. The Morgan fingerprint density at radius 2 is 1.13 bits per heavy atom. The fourth-order valence-electron chi connectivity index (χ4n) is 6.35. The first kappa shape index (κ1) is 49.4. The molecule has 1 rings (SSSR count). The lowest BCUT2D eigenvalue weighted by molar-refractivity contribution is -0.305. The zero-order valence-electron chi connectivity index (χ0n) is 33.8. The summed E-state index contributed by atoms with van der Waals surface area (Å²) < 4.78 is 22.8. The highest BCUT2D eigenvalue weighted by Gasteiger charge is 2.44. The molecule has 0 bridgehead atoms. The van der Waals surface area contributed by atoms with Crippen molar-refractivity contribution in [3.63, 3.8) is 0 Å². The van der Waals surface area contributed by atoms with Crippen LogP contribution in [0.4, 0.5) is 0 Å². The van der Waals surface area contributed by atoms with Gasteiger partial charge < -0.3 is 39.4 Å². The number of allylic oxidation sites excluding steroid dienone is 6. The zero-order valence-corrected chi connectivity index (χ0v) is 33.8. The van der Waals surface area contributed by atoms with Crippen molar-refractivity contribution in [2.75, 3.05) is 26.4 Å². The Bertz CT molecular complexity index is 905. The van der Waals surface area contributed by atoms with Gasteiger partial charge in [0, 0.05) is 13.0 Å². The molecule has 0 saturated carbocycles. The van der Waals surface area contributed by atoms with E-state index < -0.39 is 43.4 Å². The van der Waals surface area contributed by atoms with Crippen LogP contribution in [0.5, 0.6) is 0 Å². The van der Waals surface area contributed by atoms with E-state index in [2.05, 4.69) is 50.3 Å². The van der Waals surface area contributed by atoms with Crippen LogP contribution in [0.2, 0.25) is 0 Å². The summed E-state index contributed by atoms with van der Waals surface area (Å²) >= 11 is 0. The maximum Gasteiger partial charge on any atom is 0.306 e. The van der Waals surface area contributed by atoms with E-state index in [4.69, 9.17) is 18.9 Å². The fourth-order valence-corrected chi connectivity index (χ4v) is 6.35. The Morgan fingerprint density at radius 1 is 0.604 bits per heavy atom. The summed E-state index contributed by atoms with van der Waals surface area (Å²) in [7, 11) is 0. The Morgan fingerprint density at radius 3 is 1.72 bits per heavy atom. The second kappa shape index (κ2) is 36.1. The summed E-state index contributed by atoms with van der Waals surface area (Å²) in [6.45, 7) is 4.46. The third-order valence-electron chi connectivity index (χ3n) is 9.76. The number of rotatable bonds is 36. The van der Waals surface area contributed by atoms with E-state index in [1.54, 1.807) is 0 Å². The number of esters is 1. The van der Waals surface area contributed by atoms with Crippen molar-refractivity contribution >= 4 is 5.97 Å². The van der Waals surface area contributed by atoms with Gasteiger partial charge in [0.15, 0.2) is 6.29 Å². The first-order chi connectivity index (χ1) is 25.9. The Kier molecular flexibility index (Phi) is 33.6. The molecule has 53 heavy (non-hydrogen) atoms. The molecular formula is C44H80O9. The van der Waals surface area contributed by atoms with Crippen molar-refractivity contribution < 1.29 is 44.2 Å². The summed E-state index contributed by atoms with van der Waals surface area (Å²) in [6.07, 6.45) is 34.5. The van der Waals surface area contributed by atoms with Crippen LogP contribution < -0.4 is 0 Å². The van der Waals surface area contributed by atoms with E-state index in [1.807, 2.05) is 0 Å². The maximum absolute atomic E-state index is 12.7. The van der Waals surface area contributed by atoms with Crippen molar-refractivity contribution in [2.24, 2.45) is 0 Å². The Labute approximate surface area is 323 Å². The lowest BCUT2D eigenvalue weighted by atomic mass is 9.99. The van der Waals surface area contributed by atoms with E-state index in [0.29, 0.717) is 13.0 Å². The Balaban J connectivity index is 2.29. The fraction of sp³-hybridized carbons (Fsp3) is 0.841.